The average molecular weight is 515 g/mol. The SMILES string of the molecule is CC(=O)N1CC(c2ccc(OC(F)F)c(OCC3CC3)c2)CC1C(=O)Oc1ccc2c(c1)CN(C)C2=O. The number of carbonyl (C=O) groups is 3. The number of hydrogen-bond acceptors (Lipinski definition) is 6. The molecule has 196 valence electrons. The van der Waals surface area contributed by atoms with Crippen molar-refractivity contribution in [1.29, 1.82) is 0 Å². The summed E-state index contributed by atoms with van der Waals surface area (Å²) in [6, 6.07) is 8.82. The van der Waals surface area contributed by atoms with Crippen LogP contribution >= 0.6 is 0 Å². The number of rotatable bonds is 8. The number of nitrogens with zero attached hydrogens (tertiary/aromatic N) is 2. The number of alkyl halides is 2. The number of fused-ring (bicyclic) bond motifs is 1. The molecular formula is C27H28F2N2O6. The van der Waals surface area contributed by atoms with Gasteiger partial charge in [-0.2, -0.15) is 8.78 Å². The van der Waals surface area contributed by atoms with Gasteiger partial charge in [-0.25, -0.2) is 4.79 Å². The van der Waals surface area contributed by atoms with Gasteiger partial charge < -0.3 is 24.0 Å². The third-order valence-electron chi connectivity index (χ3n) is 7.08. The molecule has 2 fully saturated rings. The topological polar surface area (TPSA) is 85.4 Å². The molecule has 1 aliphatic carbocycles. The summed E-state index contributed by atoms with van der Waals surface area (Å²) in [6.45, 7) is -0.463. The fraction of sp³-hybridized carbons (Fsp3) is 0.444. The van der Waals surface area contributed by atoms with Gasteiger partial charge in [0.15, 0.2) is 11.5 Å². The Morgan fingerprint density at radius 1 is 1.11 bits per heavy atom. The van der Waals surface area contributed by atoms with Gasteiger partial charge in [0.05, 0.1) is 6.61 Å². The normalized spacial score (nSPS) is 20.8. The first-order chi connectivity index (χ1) is 17.7. The summed E-state index contributed by atoms with van der Waals surface area (Å²) < 4.78 is 41.8. The van der Waals surface area contributed by atoms with Gasteiger partial charge in [0.1, 0.15) is 11.8 Å². The van der Waals surface area contributed by atoms with Crippen LogP contribution in [-0.2, 0) is 16.1 Å². The van der Waals surface area contributed by atoms with Crippen molar-refractivity contribution in [2.24, 2.45) is 5.92 Å². The van der Waals surface area contributed by atoms with E-state index in [-0.39, 0.29) is 35.8 Å². The molecule has 2 amide bonds. The van der Waals surface area contributed by atoms with Gasteiger partial charge in [-0.1, -0.05) is 6.07 Å². The molecule has 2 unspecified atom stereocenters. The van der Waals surface area contributed by atoms with Crippen molar-refractivity contribution < 1.29 is 37.4 Å². The van der Waals surface area contributed by atoms with Crippen LogP contribution in [0.25, 0.3) is 0 Å². The summed E-state index contributed by atoms with van der Waals surface area (Å²) in [5.41, 5.74) is 2.11. The van der Waals surface area contributed by atoms with Crippen LogP contribution in [0.5, 0.6) is 17.2 Å². The van der Waals surface area contributed by atoms with Crippen LogP contribution in [0.15, 0.2) is 36.4 Å². The van der Waals surface area contributed by atoms with E-state index in [2.05, 4.69) is 4.74 Å². The number of amides is 2. The van der Waals surface area contributed by atoms with E-state index in [0.717, 1.165) is 24.0 Å². The molecule has 0 radical (unpaired) electrons. The van der Waals surface area contributed by atoms with E-state index in [0.29, 0.717) is 36.8 Å². The second kappa shape index (κ2) is 9.99. The predicted molar refractivity (Wildman–Crippen MR) is 128 cm³/mol. The lowest BCUT2D eigenvalue weighted by Crippen LogP contribution is -2.41. The highest BCUT2D eigenvalue weighted by atomic mass is 19.3. The number of esters is 1. The molecule has 2 atom stereocenters. The largest absolute Gasteiger partial charge is 0.489 e. The molecule has 2 heterocycles. The average Bonchev–Trinajstić information content (AvgIpc) is 3.49. The molecule has 8 nitrogen and oxygen atoms in total. The highest BCUT2D eigenvalue weighted by Crippen LogP contribution is 2.39. The van der Waals surface area contributed by atoms with Gasteiger partial charge in [0.2, 0.25) is 5.91 Å². The number of halogens is 2. The molecule has 5 rings (SSSR count). The lowest BCUT2D eigenvalue weighted by atomic mass is 9.96. The van der Waals surface area contributed by atoms with Gasteiger partial charge >= 0.3 is 12.6 Å². The Hall–Kier alpha value is -3.69. The molecule has 37 heavy (non-hydrogen) atoms. The molecule has 0 N–H and O–H groups in total. The van der Waals surface area contributed by atoms with E-state index in [1.807, 2.05) is 0 Å². The minimum Gasteiger partial charge on any atom is -0.489 e. The second-order valence-corrected chi connectivity index (χ2v) is 9.86. The van der Waals surface area contributed by atoms with Crippen molar-refractivity contribution in [3.05, 3.63) is 53.1 Å². The van der Waals surface area contributed by atoms with Gasteiger partial charge in [-0.3, -0.25) is 9.59 Å². The standard InChI is InChI=1S/C27H28F2N2O6/c1-15(32)31-13-18(17-5-8-23(37-27(28)29)24(11-17)35-14-16-3-4-16)10-22(31)26(34)36-20-6-7-21-19(9-20)12-30(2)25(21)33/h5-9,11,16,18,22,27H,3-4,10,12-14H2,1-2H3. The van der Waals surface area contributed by atoms with Crippen molar-refractivity contribution in [2.45, 2.75) is 51.3 Å². The van der Waals surface area contributed by atoms with E-state index in [9.17, 15) is 23.2 Å². The van der Waals surface area contributed by atoms with E-state index < -0.39 is 18.6 Å². The molecule has 2 aromatic carbocycles. The van der Waals surface area contributed by atoms with Crippen LogP contribution in [0, 0.1) is 5.92 Å². The Balaban J connectivity index is 1.32. The number of carbonyl (C=O) groups excluding carboxylic acids is 3. The third-order valence-corrected chi connectivity index (χ3v) is 7.08. The highest BCUT2D eigenvalue weighted by Gasteiger charge is 2.40. The number of benzene rings is 2. The van der Waals surface area contributed by atoms with Gasteiger partial charge in [-0.15, -0.1) is 0 Å². The smallest absolute Gasteiger partial charge is 0.387 e. The van der Waals surface area contributed by atoms with Crippen LogP contribution in [0.2, 0.25) is 0 Å². The van der Waals surface area contributed by atoms with Gasteiger partial charge in [-0.05, 0) is 66.6 Å². The number of ether oxygens (including phenoxy) is 3. The maximum atomic E-state index is 13.1. The van der Waals surface area contributed by atoms with E-state index >= 15 is 0 Å². The maximum Gasteiger partial charge on any atom is 0.387 e. The fourth-order valence-electron chi connectivity index (χ4n) is 4.92. The van der Waals surface area contributed by atoms with E-state index in [1.54, 1.807) is 42.3 Å². The van der Waals surface area contributed by atoms with Crippen LogP contribution in [-0.4, -0.2) is 60.4 Å². The minimum atomic E-state index is -2.98. The maximum absolute atomic E-state index is 13.1. The second-order valence-electron chi connectivity index (χ2n) is 9.86. The summed E-state index contributed by atoms with van der Waals surface area (Å²) in [6.07, 6.45) is 2.39. The summed E-state index contributed by atoms with van der Waals surface area (Å²) in [5, 5.41) is 0. The molecule has 0 spiro atoms. The first-order valence-electron chi connectivity index (χ1n) is 12.3. The van der Waals surface area contributed by atoms with Crippen LogP contribution in [0.1, 0.15) is 53.6 Å². The lowest BCUT2D eigenvalue weighted by Gasteiger charge is -2.21. The molecule has 1 saturated heterocycles. The summed E-state index contributed by atoms with van der Waals surface area (Å²) in [7, 11) is 1.70. The number of hydrogen-bond donors (Lipinski definition) is 0. The van der Waals surface area contributed by atoms with E-state index in [4.69, 9.17) is 9.47 Å². The Bertz CT molecular complexity index is 1230. The zero-order valence-corrected chi connectivity index (χ0v) is 20.6. The van der Waals surface area contributed by atoms with Crippen LogP contribution in [0.3, 0.4) is 0 Å². The monoisotopic (exact) mass is 514 g/mol. The molecule has 10 heteroatoms. The summed E-state index contributed by atoms with van der Waals surface area (Å²) >= 11 is 0. The molecule has 1 saturated carbocycles. The third kappa shape index (κ3) is 5.38. The summed E-state index contributed by atoms with van der Waals surface area (Å²) in [5.74, 6) is -0.244. The van der Waals surface area contributed by atoms with Crippen LogP contribution in [0.4, 0.5) is 8.78 Å². The van der Waals surface area contributed by atoms with Gasteiger partial charge in [0.25, 0.3) is 5.91 Å². The Morgan fingerprint density at radius 2 is 1.89 bits per heavy atom. The quantitative estimate of drug-likeness (QED) is 0.392. The van der Waals surface area contributed by atoms with Crippen molar-refractivity contribution in [2.75, 3.05) is 20.2 Å². The molecule has 3 aliphatic rings. The lowest BCUT2D eigenvalue weighted by molar-refractivity contribution is -0.145. The van der Waals surface area contributed by atoms with Gasteiger partial charge in [0, 0.05) is 38.5 Å². The molecule has 2 aromatic rings. The molecule has 0 bridgehead atoms. The molecule has 2 aliphatic heterocycles. The summed E-state index contributed by atoms with van der Waals surface area (Å²) in [4.78, 5) is 40.7. The van der Waals surface area contributed by atoms with Crippen molar-refractivity contribution in [3.63, 3.8) is 0 Å². The van der Waals surface area contributed by atoms with Crippen molar-refractivity contribution in [3.8, 4) is 17.2 Å². The Kier molecular flexibility index (Phi) is 6.74. The predicted octanol–water partition coefficient (Wildman–Crippen LogP) is 3.97. The van der Waals surface area contributed by atoms with E-state index in [1.165, 1.54) is 17.9 Å². The molecule has 0 aromatic heterocycles. The number of likely N-dealkylation sites (tertiary alicyclic amines) is 1. The first-order valence-corrected chi connectivity index (χ1v) is 12.3. The zero-order valence-electron chi connectivity index (χ0n) is 20.6. The Morgan fingerprint density at radius 3 is 2.59 bits per heavy atom. The van der Waals surface area contributed by atoms with Crippen molar-refractivity contribution >= 4 is 17.8 Å². The Labute approximate surface area is 213 Å². The van der Waals surface area contributed by atoms with Crippen LogP contribution < -0.4 is 14.2 Å². The fourth-order valence-corrected chi connectivity index (χ4v) is 4.92. The van der Waals surface area contributed by atoms with Crippen molar-refractivity contribution in [1.82, 2.24) is 9.80 Å². The zero-order chi connectivity index (χ0) is 26.3. The molecular weight excluding hydrogens is 486 g/mol. The first kappa shape index (κ1) is 25.0. The highest BCUT2D eigenvalue weighted by molar-refractivity contribution is 5.98. The minimum absolute atomic E-state index is 0.0440.